The van der Waals surface area contributed by atoms with Crippen LogP contribution in [-0.2, 0) is 9.53 Å². The van der Waals surface area contributed by atoms with Crippen LogP contribution in [0.15, 0.2) is 18.5 Å². The second-order valence-corrected chi connectivity index (χ2v) is 12.3. The number of urea groups is 1. The van der Waals surface area contributed by atoms with Crippen LogP contribution in [0.4, 0.5) is 24.1 Å². The van der Waals surface area contributed by atoms with Gasteiger partial charge in [-0.15, -0.1) is 0 Å². The summed E-state index contributed by atoms with van der Waals surface area (Å²) < 4.78 is 38.3. The lowest BCUT2D eigenvalue weighted by Gasteiger charge is -2.41. The molecular weight excluding hydrogens is 522 g/mol. The number of nitrogens with one attached hydrogen (secondary N) is 1. The highest BCUT2D eigenvalue weighted by Crippen LogP contribution is 2.40. The van der Waals surface area contributed by atoms with Crippen LogP contribution in [0.2, 0.25) is 0 Å². The van der Waals surface area contributed by atoms with E-state index in [1.54, 1.807) is 21.7 Å². The number of fused-ring (bicyclic) bond motifs is 1. The lowest BCUT2D eigenvalue weighted by molar-refractivity contribution is -0.120. The predicted octanol–water partition coefficient (Wildman–Crippen LogP) is 4.32. The summed E-state index contributed by atoms with van der Waals surface area (Å²) >= 11 is 0. The monoisotopic (exact) mass is 560 g/mol. The van der Waals surface area contributed by atoms with E-state index in [-0.39, 0.29) is 43.8 Å². The van der Waals surface area contributed by atoms with Crippen molar-refractivity contribution in [3.05, 3.63) is 24.0 Å². The highest BCUT2D eigenvalue weighted by molar-refractivity contribution is 6.06. The quantitative estimate of drug-likeness (QED) is 0.598. The highest BCUT2D eigenvalue weighted by atomic mass is 19.3. The van der Waals surface area contributed by atoms with E-state index in [0.717, 1.165) is 18.4 Å². The fraction of sp³-hybridized carbons (Fsp3) is 0.643. The van der Waals surface area contributed by atoms with Gasteiger partial charge < -0.3 is 14.2 Å². The summed E-state index contributed by atoms with van der Waals surface area (Å²) in [6.07, 6.45) is 4.92. The average molecular weight is 561 g/mol. The third kappa shape index (κ3) is 5.91. The molecule has 5 heterocycles. The molecule has 40 heavy (non-hydrogen) atoms. The molecule has 3 aliphatic rings. The molecule has 0 bridgehead atoms. The number of nitrogens with zero attached hydrogens (tertiary/aromatic N) is 5. The fourth-order valence-corrected chi connectivity index (χ4v) is 5.96. The molecule has 12 heteroatoms. The third-order valence-corrected chi connectivity index (χ3v) is 7.98. The molecule has 1 atom stereocenters. The number of pyridine rings is 1. The van der Waals surface area contributed by atoms with E-state index < -0.39 is 23.6 Å². The molecule has 1 unspecified atom stereocenters. The Kier molecular flexibility index (Phi) is 7.49. The molecule has 5 rings (SSSR count). The Balaban J connectivity index is 1.22. The number of halogens is 2. The zero-order valence-corrected chi connectivity index (χ0v) is 23.6. The Bertz CT molecular complexity index is 1300. The first-order valence-electron chi connectivity index (χ1n) is 14.0. The number of ether oxygens (including phenoxy) is 1. The zero-order chi connectivity index (χ0) is 28.8. The number of hydrogen-bond acceptors (Lipinski definition) is 6. The first-order valence-corrected chi connectivity index (χ1v) is 14.0. The van der Waals surface area contributed by atoms with Gasteiger partial charge in [0.15, 0.2) is 0 Å². The molecule has 2 aromatic rings. The van der Waals surface area contributed by atoms with Gasteiger partial charge in [-0.1, -0.05) is 0 Å². The van der Waals surface area contributed by atoms with Crippen molar-refractivity contribution in [1.82, 2.24) is 24.7 Å². The zero-order valence-electron chi connectivity index (χ0n) is 23.6. The third-order valence-electron chi connectivity index (χ3n) is 7.98. The number of anilines is 1. The summed E-state index contributed by atoms with van der Waals surface area (Å²) in [5.74, 6) is -3.03. The molecule has 3 saturated heterocycles. The van der Waals surface area contributed by atoms with Crippen LogP contribution >= 0.6 is 0 Å². The number of imide groups is 1. The van der Waals surface area contributed by atoms with Gasteiger partial charge in [0.05, 0.1) is 18.4 Å². The summed E-state index contributed by atoms with van der Waals surface area (Å²) in [6.45, 7) is 9.56. The largest absolute Gasteiger partial charge is 0.444 e. The first-order chi connectivity index (χ1) is 18.8. The number of rotatable bonds is 4. The van der Waals surface area contributed by atoms with Crippen LogP contribution in [0.1, 0.15) is 58.1 Å². The number of carbonyl (C=O) groups is 3. The van der Waals surface area contributed by atoms with Crippen LogP contribution in [0.25, 0.3) is 11.0 Å². The number of hydrogen-bond donors (Lipinski definition) is 1. The number of alkyl halides is 2. The summed E-state index contributed by atoms with van der Waals surface area (Å²) in [7, 11) is 0. The minimum atomic E-state index is -2.96. The maximum atomic E-state index is 15.6. The molecule has 4 amide bonds. The molecule has 1 N–H and O–H groups in total. The Morgan fingerprint density at radius 3 is 2.52 bits per heavy atom. The van der Waals surface area contributed by atoms with E-state index in [2.05, 4.69) is 10.3 Å². The smallest absolute Gasteiger partial charge is 0.410 e. The summed E-state index contributed by atoms with van der Waals surface area (Å²) in [4.78, 5) is 45.6. The SMILES string of the molecule is Cc1cn(C2CCN(CC3CCN(C(=O)OC(C)(C)C)CC3)CC2(F)F)c2ncc(N3CCC(=O)NC3=O)cc12. The van der Waals surface area contributed by atoms with Gasteiger partial charge >= 0.3 is 12.1 Å². The highest BCUT2D eigenvalue weighted by Gasteiger charge is 2.46. The maximum absolute atomic E-state index is 15.6. The second kappa shape index (κ2) is 10.6. The molecule has 0 radical (unpaired) electrons. The van der Waals surface area contributed by atoms with Crippen molar-refractivity contribution >= 4 is 34.8 Å². The molecule has 0 aliphatic carbocycles. The summed E-state index contributed by atoms with van der Waals surface area (Å²) in [5.41, 5.74) is 1.24. The van der Waals surface area contributed by atoms with Gasteiger partial charge in [0, 0.05) is 50.7 Å². The van der Waals surface area contributed by atoms with Crippen LogP contribution in [0.5, 0.6) is 0 Å². The van der Waals surface area contributed by atoms with E-state index in [1.165, 1.54) is 11.1 Å². The molecule has 2 aromatic heterocycles. The fourth-order valence-electron chi connectivity index (χ4n) is 5.96. The number of aryl methyl sites for hydroxylation is 1. The van der Waals surface area contributed by atoms with Gasteiger partial charge in [-0.25, -0.2) is 23.4 Å². The van der Waals surface area contributed by atoms with E-state index in [0.29, 0.717) is 42.9 Å². The van der Waals surface area contributed by atoms with Crippen LogP contribution in [-0.4, -0.2) is 88.2 Å². The molecule has 0 aromatic carbocycles. The number of likely N-dealkylation sites (tertiary alicyclic amines) is 2. The standard InChI is InChI=1S/C28H38F2N6O4/c1-18-15-36(24-21(18)13-20(14-31-24)35-12-8-23(37)32-25(35)38)22-7-9-33(17-28(22,29)30)16-19-5-10-34(11-6-19)26(39)40-27(2,3)4/h13-15,19,22H,5-12,16-17H2,1-4H3,(H,32,37,38). The number of piperidine rings is 2. The minimum absolute atomic E-state index is 0.192. The number of amides is 4. The van der Waals surface area contributed by atoms with Gasteiger partial charge in [-0.3, -0.25) is 19.9 Å². The molecule has 218 valence electrons. The Labute approximate surface area is 232 Å². The van der Waals surface area contributed by atoms with Crippen molar-refractivity contribution in [2.75, 3.05) is 44.2 Å². The van der Waals surface area contributed by atoms with Crippen molar-refractivity contribution < 1.29 is 27.9 Å². The average Bonchev–Trinajstić information content (AvgIpc) is 3.18. The lowest BCUT2D eigenvalue weighted by atomic mass is 9.94. The Hall–Kier alpha value is -3.28. The van der Waals surface area contributed by atoms with E-state index >= 15 is 8.78 Å². The normalized spacial score (nSPS) is 23.0. The molecule has 0 spiro atoms. The molecule has 3 aliphatic heterocycles. The Morgan fingerprint density at radius 2 is 1.88 bits per heavy atom. The van der Waals surface area contributed by atoms with Crippen molar-refractivity contribution in [3.8, 4) is 0 Å². The van der Waals surface area contributed by atoms with Crippen molar-refractivity contribution in [2.24, 2.45) is 5.92 Å². The molecule has 10 nitrogen and oxygen atoms in total. The Morgan fingerprint density at radius 1 is 1.15 bits per heavy atom. The number of aromatic nitrogens is 2. The van der Waals surface area contributed by atoms with Crippen molar-refractivity contribution in [2.45, 2.75) is 70.9 Å². The first kappa shape index (κ1) is 28.3. The van der Waals surface area contributed by atoms with E-state index in [4.69, 9.17) is 4.74 Å². The summed E-state index contributed by atoms with van der Waals surface area (Å²) in [6, 6.07) is 0.243. The summed E-state index contributed by atoms with van der Waals surface area (Å²) in [5, 5.41) is 3.00. The van der Waals surface area contributed by atoms with Crippen LogP contribution in [0, 0.1) is 12.8 Å². The lowest BCUT2D eigenvalue weighted by Crippen LogP contribution is -2.51. The van der Waals surface area contributed by atoms with Crippen LogP contribution < -0.4 is 10.2 Å². The predicted molar refractivity (Wildman–Crippen MR) is 146 cm³/mol. The van der Waals surface area contributed by atoms with Gasteiger partial charge in [-0.05, 0) is 64.5 Å². The van der Waals surface area contributed by atoms with Crippen molar-refractivity contribution in [3.63, 3.8) is 0 Å². The van der Waals surface area contributed by atoms with Gasteiger partial charge in [0.1, 0.15) is 17.3 Å². The van der Waals surface area contributed by atoms with Gasteiger partial charge in [0.2, 0.25) is 5.91 Å². The molecule has 0 saturated carbocycles. The van der Waals surface area contributed by atoms with Gasteiger partial charge in [0.25, 0.3) is 5.92 Å². The van der Waals surface area contributed by atoms with Crippen LogP contribution in [0.3, 0.4) is 0 Å². The van der Waals surface area contributed by atoms with E-state index in [1.807, 2.05) is 32.6 Å². The van der Waals surface area contributed by atoms with E-state index in [9.17, 15) is 14.4 Å². The second-order valence-electron chi connectivity index (χ2n) is 12.3. The minimum Gasteiger partial charge on any atom is -0.444 e. The maximum Gasteiger partial charge on any atom is 0.410 e. The molecular formula is C28H38F2N6O4. The number of carbonyl (C=O) groups excluding carboxylic acids is 3. The topological polar surface area (TPSA) is 100 Å². The van der Waals surface area contributed by atoms with Crippen molar-refractivity contribution in [1.29, 1.82) is 0 Å². The molecule has 3 fully saturated rings. The van der Waals surface area contributed by atoms with Gasteiger partial charge in [-0.2, -0.15) is 0 Å².